The fourth-order valence-electron chi connectivity index (χ4n) is 3.58. The van der Waals surface area contributed by atoms with Gasteiger partial charge in [-0.05, 0) is 68.1 Å². The first-order valence-corrected chi connectivity index (χ1v) is 11.0. The summed E-state index contributed by atoms with van der Waals surface area (Å²) in [7, 11) is 0. The Labute approximate surface area is 185 Å². The molecule has 1 saturated heterocycles. The van der Waals surface area contributed by atoms with Crippen molar-refractivity contribution in [3.05, 3.63) is 69.2 Å². The Bertz CT molecular complexity index is 1090. The van der Waals surface area contributed by atoms with E-state index in [-0.39, 0.29) is 23.4 Å². The fourth-order valence-corrected chi connectivity index (χ4v) is 4.23. The summed E-state index contributed by atoms with van der Waals surface area (Å²) in [5, 5.41) is 11.7. The zero-order chi connectivity index (χ0) is 21.8. The first-order valence-electron chi connectivity index (χ1n) is 10.2. The molecule has 1 aliphatic heterocycles. The average molecular weight is 437 g/mol. The smallest absolute Gasteiger partial charge is 0.286 e. The molecule has 1 N–H and O–H groups in total. The standard InChI is InChI=1S/C23H24N4O3S/c1-15-10-16(2)12-19(11-15)30-14-20-25-26-22(31-20)21(28)24-18-7-5-6-17(13-18)23(29)27-8-3-4-9-27/h5-7,10-13H,3-4,8-9,14H2,1-2H3,(H,24,28). The molecule has 0 spiro atoms. The van der Waals surface area contributed by atoms with E-state index in [0.29, 0.717) is 16.3 Å². The molecule has 1 aliphatic rings. The minimum atomic E-state index is -0.360. The van der Waals surface area contributed by atoms with Crippen LogP contribution in [0, 0.1) is 13.8 Å². The Morgan fingerprint density at radius 3 is 2.55 bits per heavy atom. The maximum absolute atomic E-state index is 12.6. The number of ether oxygens (including phenoxy) is 1. The van der Waals surface area contributed by atoms with Crippen molar-refractivity contribution in [1.29, 1.82) is 0 Å². The molecule has 0 saturated carbocycles. The molecule has 0 aliphatic carbocycles. The highest BCUT2D eigenvalue weighted by molar-refractivity contribution is 7.13. The molecule has 1 fully saturated rings. The van der Waals surface area contributed by atoms with Gasteiger partial charge in [-0.3, -0.25) is 9.59 Å². The zero-order valence-corrected chi connectivity index (χ0v) is 18.4. The number of aryl methyl sites for hydroxylation is 2. The van der Waals surface area contributed by atoms with Crippen LogP contribution in [0.15, 0.2) is 42.5 Å². The Hall–Kier alpha value is -3.26. The molecule has 31 heavy (non-hydrogen) atoms. The lowest BCUT2D eigenvalue weighted by molar-refractivity contribution is 0.0792. The van der Waals surface area contributed by atoms with E-state index in [9.17, 15) is 9.59 Å². The molecule has 8 heteroatoms. The molecule has 0 atom stereocenters. The molecular formula is C23H24N4O3S. The second-order valence-corrected chi connectivity index (χ2v) is 8.71. The van der Waals surface area contributed by atoms with Gasteiger partial charge < -0.3 is 15.0 Å². The van der Waals surface area contributed by atoms with Crippen molar-refractivity contribution < 1.29 is 14.3 Å². The van der Waals surface area contributed by atoms with Crippen molar-refractivity contribution in [3.63, 3.8) is 0 Å². The van der Waals surface area contributed by atoms with E-state index in [1.165, 1.54) is 11.3 Å². The van der Waals surface area contributed by atoms with Gasteiger partial charge in [0.05, 0.1) is 0 Å². The Morgan fingerprint density at radius 1 is 1.06 bits per heavy atom. The molecule has 0 bridgehead atoms. The molecule has 2 amide bonds. The first kappa shape index (κ1) is 21.0. The number of anilines is 1. The lowest BCUT2D eigenvalue weighted by Crippen LogP contribution is -2.27. The third-order valence-corrected chi connectivity index (χ3v) is 5.87. The van der Waals surface area contributed by atoms with Gasteiger partial charge in [0, 0.05) is 24.3 Å². The second-order valence-electron chi connectivity index (χ2n) is 7.65. The summed E-state index contributed by atoms with van der Waals surface area (Å²) in [4.78, 5) is 27.0. The third kappa shape index (κ3) is 5.27. The predicted molar refractivity (Wildman–Crippen MR) is 120 cm³/mol. The molecule has 2 heterocycles. The number of carbonyl (C=O) groups is 2. The number of hydrogen-bond donors (Lipinski definition) is 1. The average Bonchev–Trinajstić information content (AvgIpc) is 3.43. The van der Waals surface area contributed by atoms with Crippen molar-refractivity contribution >= 4 is 28.8 Å². The lowest BCUT2D eigenvalue weighted by atomic mass is 10.1. The van der Waals surface area contributed by atoms with Crippen LogP contribution in [0.3, 0.4) is 0 Å². The third-order valence-electron chi connectivity index (χ3n) is 4.98. The monoisotopic (exact) mass is 436 g/mol. The van der Waals surface area contributed by atoms with Gasteiger partial charge >= 0.3 is 0 Å². The predicted octanol–water partition coefficient (Wildman–Crippen LogP) is 4.22. The van der Waals surface area contributed by atoms with Gasteiger partial charge in [-0.25, -0.2) is 0 Å². The van der Waals surface area contributed by atoms with Gasteiger partial charge in [-0.15, -0.1) is 10.2 Å². The largest absolute Gasteiger partial charge is 0.486 e. The van der Waals surface area contributed by atoms with E-state index in [0.717, 1.165) is 42.8 Å². The summed E-state index contributed by atoms with van der Waals surface area (Å²) in [5.41, 5.74) is 3.37. The topological polar surface area (TPSA) is 84.4 Å². The quantitative estimate of drug-likeness (QED) is 0.625. The molecule has 0 unspecified atom stereocenters. The van der Waals surface area contributed by atoms with Crippen LogP contribution in [0.25, 0.3) is 0 Å². The minimum absolute atomic E-state index is 0.00432. The molecule has 7 nitrogen and oxygen atoms in total. The van der Waals surface area contributed by atoms with Gasteiger partial charge in [0.25, 0.3) is 11.8 Å². The van der Waals surface area contributed by atoms with Crippen LogP contribution in [0.5, 0.6) is 5.75 Å². The van der Waals surface area contributed by atoms with Crippen LogP contribution in [-0.2, 0) is 6.61 Å². The summed E-state index contributed by atoms with van der Waals surface area (Å²) < 4.78 is 5.79. The van der Waals surface area contributed by atoms with E-state index in [1.807, 2.05) is 30.9 Å². The maximum atomic E-state index is 12.6. The number of amides is 2. The van der Waals surface area contributed by atoms with Gasteiger partial charge in [0.1, 0.15) is 12.4 Å². The summed E-state index contributed by atoms with van der Waals surface area (Å²) in [6.45, 7) is 5.84. The molecule has 160 valence electrons. The number of hydrogen-bond acceptors (Lipinski definition) is 6. The number of carbonyl (C=O) groups excluding carboxylic acids is 2. The number of likely N-dealkylation sites (tertiary alicyclic amines) is 1. The van der Waals surface area contributed by atoms with Gasteiger partial charge in [-0.2, -0.15) is 0 Å². The van der Waals surface area contributed by atoms with Crippen LogP contribution in [0.1, 0.15) is 49.1 Å². The van der Waals surface area contributed by atoms with E-state index >= 15 is 0 Å². The molecule has 3 aromatic rings. The van der Waals surface area contributed by atoms with Gasteiger partial charge in [0.2, 0.25) is 5.01 Å². The first-order chi connectivity index (χ1) is 15.0. The molecule has 4 rings (SSSR count). The summed E-state index contributed by atoms with van der Waals surface area (Å²) in [6, 6.07) is 13.0. The number of nitrogens with one attached hydrogen (secondary N) is 1. The number of rotatable bonds is 6. The van der Waals surface area contributed by atoms with E-state index in [1.54, 1.807) is 24.3 Å². The Kier molecular flexibility index (Phi) is 6.27. The van der Waals surface area contributed by atoms with E-state index in [2.05, 4.69) is 21.6 Å². The van der Waals surface area contributed by atoms with Crippen LogP contribution >= 0.6 is 11.3 Å². The van der Waals surface area contributed by atoms with Crippen LogP contribution in [-0.4, -0.2) is 40.0 Å². The van der Waals surface area contributed by atoms with Crippen molar-refractivity contribution in [2.45, 2.75) is 33.3 Å². The van der Waals surface area contributed by atoms with Gasteiger partial charge in [-0.1, -0.05) is 23.5 Å². The Balaban J connectivity index is 1.37. The highest BCUT2D eigenvalue weighted by Gasteiger charge is 2.20. The summed E-state index contributed by atoms with van der Waals surface area (Å²) in [5.74, 6) is 0.398. The SMILES string of the molecule is Cc1cc(C)cc(OCc2nnc(C(=O)Nc3cccc(C(=O)N4CCCC4)c3)s2)c1. The van der Waals surface area contributed by atoms with E-state index in [4.69, 9.17) is 4.74 Å². The zero-order valence-electron chi connectivity index (χ0n) is 17.6. The minimum Gasteiger partial charge on any atom is -0.486 e. The number of nitrogens with zero attached hydrogens (tertiary/aromatic N) is 3. The van der Waals surface area contributed by atoms with Crippen molar-refractivity contribution in [2.75, 3.05) is 18.4 Å². The van der Waals surface area contributed by atoms with Crippen molar-refractivity contribution in [3.8, 4) is 5.75 Å². The van der Waals surface area contributed by atoms with Crippen LogP contribution in [0.2, 0.25) is 0 Å². The van der Waals surface area contributed by atoms with Crippen LogP contribution in [0.4, 0.5) is 5.69 Å². The normalized spacial score (nSPS) is 13.3. The molecule has 1 aromatic heterocycles. The van der Waals surface area contributed by atoms with Crippen molar-refractivity contribution in [1.82, 2.24) is 15.1 Å². The van der Waals surface area contributed by atoms with Gasteiger partial charge in [0.15, 0.2) is 5.01 Å². The summed E-state index contributed by atoms with van der Waals surface area (Å²) >= 11 is 1.18. The fraction of sp³-hybridized carbons (Fsp3) is 0.304. The van der Waals surface area contributed by atoms with Crippen molar-refractivity contribution in [2.24, 2.45) is 0 Å². The highest BCUT2D eigenvalue weighted by atomic mass is 32.1. The maximum Gasteiger partial charge on any atom is 0.286 e. The second kappa shape index (κ2) is 9.26. The highest BCUT2D eigenvalue weighted by Crippen LogP contribution is 2.20. The van der Waals surface area contributed by atoms with Crippen LogP contribution < -0.4 is 10.1 Å². The molecule has 0 radical (unpaired) electrons. The summed E-state index contributed by atoms with van der Waals surface area (Å²) in [6.07, 6.45) is 2.07. The molecule has 2 aromatic carbocycles. The molecular weight excluding hydrogens is 412 g/mol. The van der Waals surface area contributed by atoms with E-state index < -0.39 is 0 Å². The number of benzene rings is 2. The lowest BCUT2D eigenvalue weighted by Gasteiger charge is -2.15. The Morgan fingerprint density at radius 2 is 1.81 bits per heavy atom. The number of aromatic nitrogens is 2.